The van der Waals surface area contributed by atoms with Crippen LogP contribution in [0.5, 0.6) is 0 Å². The molecule has 3 heteroatoms. The fraction of sp³-hybridized carbons (Fsp3) is 1.00. The number of hydrogen-bond acceptors (Lipinski definition) is 2. The molecule has 0 fully saturated rings. The zero-order valence-corrected chi connectivity index (χ0v) is 14.5. The van der Waals surface area contributed by atoms with E-state index in [4.69, 9.17) is 0 Å². The van der Waals surface area contributed by atoms with E-state index < -0.39 is 18.9 Å². The van der Waals surface area contributed by atoms with Gasteiger partial charge < -0.3 is 0 Å². The van der Waals surface area contributed by atoms with Gasteiger partial charge in [0.05, 0.1) is 0 Å². The van der Waals surface area contributed by atoms with Crippen LogP contribution < -0.4 is 0 Å². The van der Waals surface area contributed by atoms with Gasteiger partial charge in [-0.25, -0.2) is 0 Å². The van der Waals surface area contributed by atoms with Gasteiger partial charge in [0.25, 0.3) is 0 Å². The average molecular weight is 321 g/mol. The van der Waals surface area contributed by atoms with Crippen LogP contribution in [0, 0.1) is 0 Å². The van der Waals surface area contributed by atoms with E-state index in [1.165, 1.54) is 34.6 Å². The Kier molecular flexibility index (Phi) is 8.28. The van der Waals surface area contributed by atoms with Crippen molar-refractivity contribution in [2.45, 2.75) is 48.4 Å². The van der Waals surface area contributed by atoms with Crippen molar-refractivity contribution in [3.63, 3.8) is 0 Å². The predicted molar refractivity (Wildman–Crippen MR) is 72.6 cm³/mol. The van der Waals surface area contributed by atoms with E-state index in [1.54, 1.807) is 0 Å². The second-order valence-corrected chi connectivity index (χ2v) is 18.5. The maximum absolute atomic E-state index is 2.61. The molecule has 0 aromatic carbocycles. The van der Waals surface area contributed by atoms with Crippen molar-refractivity contribution in [1.29, 1.82) is 0 Å². The fourth-order valence-corrected chi connectivity index (χ4v) is 15.7. The molecule has 92 valence electrons. The Labute approximate surface area is 102 Å². The summed E-state index contributed by atoms with van der Waals surface area (Å²) < 4.78 is 8.20. The second-order valence-electron chi connectivity index (χ2n) is 4.98. The normalized spacial score (nSPS) is 12.8. The molecule has 0 saturated heterocycles. The zero-order chi connectivity index (χ0) is 11.9. The van der Waals surface area contributed by atoms with Crippen LogP contribution in [0.25, 0.3) is 0 Å². The van der Waals surface area contributed by atoms with Crippen LogP contribution in [0.1, 0.15) is 39.5 Å². The first-order valence-electron chi connectivity index (χ1n) is 6.36. The maximum atomic E-state index is 2.61. The molecular weight excluding hydrogens is 291 g/mol. The first-order valence-corrected chi connectivity index (χ1v) is 12.9. The monoisotopic (exact) mass is 322 g/mol. The fourth-order valence-electron chi connectivity index (χ4n) is 2.34. The van der Waals surface area contributed by atoms with Crippen molar-refractivity contribution in [2.75, 3.05) is 28.2 Å². The molecule has 0 radical (unpaired) electrons. The van der Waals surface area contributed by atoms with Crippen LogP contribution in [0.2, 0.25) is 8.87 Å². The molecule has 0 aromatic heterocycles. The molecule has 0 bridgehead atoms. The Bertz CT molecular complexity index is 140. The van der Waals surface area contributed by atoms with Crippen LogP contribution in [-0.2, 0) is 0 Å². The molecule has 0 N–H and O–H groups in total. The third-order valence-corrected chi connectivity index (χ3v) is 19.6. The van der Waals surface area contributed by atoms with Crippen LogP contribution in [-0.4, -0.2) is 53.4 Å². The Morgan fingerprint density at radius 1 is 0.733 bits per heavy atom. The van der Waals surface area contributed by atoms with Gasteiger partial charge in [0.15, 0.2) is 0 Å². The number of unbranched alkanes of at least 4 members (excludes halogenated alkanes) is 2. The van der Waals surface area contributed by atoms with Crippen LogP contribution in [0.15, 0.2) is 0 Å². The average Bonchev–Trinajstić information content (AvgIpc) is 2.17. The van der Waals surface area contributed by atoms with Crippen molar-refractivity contribution in [3.8, 4) is 0 Å². The molecule has 0 heterocycles. The number of nitrogens with zero attached hydrogens (tertiary/aromatic N) is 2. The van der Waals surface area contributed by atoms with E-state index in [2.05, 4.69) is 48.3 Å². The minimum atomic E-state index is -2.14. The van der Waals surface area contributed by atoms with E-state index in [9.17, 15) is 0 Å². The van der Waals surface area contributed by atoms with E-state index in [1.807, 2.05) is 0 Å². The van der Waals surface area contributed by atoms with Crippen molar-refractivity contribution in [2.24, 2.45) is 0 Å². The van der Waals surface area contributed by atoms with Gasteiger partial charge in [-0.3, -0.25) is 0 Å². The molecule has 0 spiro atoms. The summed E-state index contributed by atoms with van der Waals surface area (Å²) in [5.74, 6) is 0. The third-order valence-electron chi connectivity index (χ3n) is 3.53. The molecule has 0 amide bonds. The Morgan fingerprint density at radius 2 is 1.07 bits per heavy atom. The molecule has 2 nitrogen and oxygen atoms in total. The summed E-state index contributed by atoms with van der Waals surface area (Å²) >= 11 is -2.14. The summed E-state index contributed by atoms with van der Waals surface area (Å²) in [6.45, 7) is 4.61. The van der Waals surface area contributed by atoms with E-state index in [0.717, 1.165) is 0 Å². The van der Waals surface area contributed by atoms with Gasteiger partial charge >= 0.3 is 102 Å². The second kappa shape index (κ2) is 7.91. The van der Waals surface area contributed by atoms with Crippen molar-refractivity contribution < 1.29 is 0 Å². The van der Waals surface area contributed by atoms with Gasteiger partial charge in [0.1, 0.15) is 0 Å². The van der Waals surface area contributed by atoms with Crippen LogP contribution in [0.4, 0.5) is 0 Å². The van der Waals surface area contributed by atoms with Gasteiger partial charge in [-0.05, 0) is 0 Å². The van der Waals surface area contributed by atoms with Crippen LogP contribution >= 0.6 is 0 Å². The summed E-state index contributed by atoms with van der Waals surface area (Å²) in [6, 6.07) is 0. The summed E-state index contributed by atoms with van der Waals surface area (Å²) in [5, 5.41) is 0. The molecule has 0 rings (SSSR count). The third kappa shape index (κ3) is 4.61. The molecule has 0 atom stereocenters. The molecule has 0 unspecified atom stereocenters. The topological polar surface area (TPSA) is 6.48 Å². The van der Waals surface area contributed by atoms with Gasteiger partial charge in [-0.15, -0.1) is 0 Å². The summed E-state index contributed by atoms with van der Waals surface area (Å²) in [5.41, 5.74) is 0. The molecular formula is C12H30N2Sn. The molecule has 0 saturated carbocycles. The summed E-state index contributed by atoms with van der Waals surface area (Å²) in [7, 11) is 9.23. The molecule has 0 aliphatic rings. The first-order chi connectivity index (χ1) is 7.01. The van der Waals surface area contributed by atoms with Crippen LogP contribution in [0.3, 0.4) is 0 Å². The zero-order valence-electron chi connectivity index (χ0n) is 11.6. The molecule has 0 aliphatic carbocycles. The van der Waals surface area contributed by atoms with Gasteiger partial charge in [-0.1, -0.05) is 0 Å². The number of rotatable bonds is 8. The molecule has 0 aliphatic heterocycles. The van der Waals surface area contributed by atoms with Gasteiger partial charge in [0.2, 0.25) is 0 Å². The molecule has 15 heavy (non-hydrogen) atoms. The minimum absolute atomic E-state index is 1.34. The van der Waals surface area contributed by atoms with Crippen molar-refractivity contribution >= 4 is 18.9 Å². The Morgan fingerprint density at radius 3 is 1.27 bits per heavy atom. The van der Waals surface area contributed by atoms with Gasteiger partial charge in [0, 0.05) is 0 Å². The van der Waals surface area contributed by atoms with Gasteiger partial charge in [-0.2, -0.15) is 0 Å². The standard InChI is InChI=1S/2C4H9.2C2H6N.Sn/c2*1-3-4-2;2*1-3-2;/h2*1,3-4H2,2H3;2*1-2H3;/q;;2*-1;+2. The van der Waals surface area contributed by atoms with Crippen molar-refractivity contribution in [1.82, 2.24) is 6.24 Å². The number of hydrogen-bond donors (Lipinski definition) is 0. The summed E-state index contributed by atoms with van der Waals surface area (Å²) in [4.78, 5) is 0. The Hall–Kier alpha value is 0.719. The first kappa shape index (κ1) is 15.7. The van der Waals surface area contributed by atoms with E-state index in [-0.39, 0.29) is 0 Å². The van der Waals surface area contributed by atoms with E-state index in [0.29, 0.717) is 0 Å². The quantitative estimate of drug-likeness (QED) is 0.634. The predicted octanol–water partition coefficient (Wildman–Crippen LogP) is 3.15. The van der Waals surface area contributed by atoms with E-state index >= 15 is 0 Å². The van der Waals surface area contributed by atoms with Crippen molar-refractivity contribution in [3.05, 3.63) is 0 Å². The molecule has 0 aromatic rings. The Balaban J connectivity index is 4.57. The summed E-state index contributed by atoms with van der Waals surface area (Å²) in [6.07, 6.45) is 5.51. The SMILES string of the molecule is CCC[CH2][Sn]([CH2]CCC)([N](C)C)[N](C)C.